The number of fused-ring (bicyclic) bond motifs is 1. The third-order valence-corrected chi connectivity index (χ3v) is 2.77. The summed E-state index contributed by atoms with van der Waals surface area (Å²) >= 11 is 0. The van der Waals surface area contributed by atoms with Gasteiger partial charge in [0.15, 0.2) is 0 Å². The van der Waals surface area contributed by atoms with Crippen LogP contribution in [-0.2, 0) is 42.1 Å². The van der Waals surface area contributed by atoms with E-state index < -0.39 is 0 Å². The molecule has 0 bridgehead atoms. The Kier molecular flexibility index (Phi) is 11.3. The van der Waals surface area contributed by atoms with Gasteiger partial charge in [-0.25, -0.2) is 0 Å². The van der Waals surface area contributed by atoms with E-state index in [2.05, 4.69) is 26.1 Å². The summed E-state index contributed by atoms with van der Waals surface area (Å²) in [5.74, 6) is 0.885. The molecule has 0 amide bonds. The molecular weight excluding hydrogens is 588 g/mol. The second kappa shape index (κ2) is 10.4. The smallest absolute Gasteiger partial charge is 0.138 e. The summed E-state index contributed by atoms with van der Waals surface area (Å²) in [4.78, 5) is 0. The van der Waals surface area contributed by atoms with Crippen molar-refractivity contribution >= 4 is 22.1 Å². The Labute approximate surface area is 151 Å². The molecule has 0 unspecified atom stereocenters. The summed E-state index contributed by atoms with van der Waals surface area (Å²) in [6.07, 6.45) is 0.889. The fraction of sp³-hybridized carbons (Fsp3) is 0.294. The maximum atomic E-state index is 5.85. The molecule has 0 saturated carbocycles. The maximum absolute atomic E-state index is 5.85. The number of hydrogen-bond donors (Lipinski definition) is 0. The van der Waals surface area contributed by atoms with Gasteiger partial charge in [0, 0.05) is 53.1 Å². The van der Waals surface area contributed by atoms with Crippen LogP contribution in [0.5, 0.6) is 0 Å². The first-order valence-electron chi connectivity index (χ1n) is 6.50. The van der Waals surface area contributed by atoms with Crippen LogP contribution in [0.2, 0.25) is 0 Å². The Bertz CT molecular complexity index is 567. The van der Waals surface area contributed by atoms with Crippen molar-refractivity contribution in [2.24, 2.45) is 0 Å². The van der Waals surface area contributed by atoms with E-state index in [0.717, 1.165) is 39.9 Å². The second-order valence-corrected chi connectivity index (χ2v) is 4.04. The molecule has 20 heavy (non-hydrogen) atoms. The zero-order valence-corrected chi connectivity index (χ0v) is 18.5. The van der Waals surface area contributed by atoms with E-state index in [-0.39, 0.29) is 42.1 Å². The number of rotatable bonds is 3. The minimum absolute atomic E-state index is 0. The zero-order chi connectivity index (χ0) is 13.7. The quantitative estimate of drug-likeness (QED) is 0.422. The summed E-state index contributed by atoms with van der Waals surface area (Å²) in [6, 6.07) is 8.04. The molecule has 0 aliphatic rings. The van der Waals surface area contributed by atoms with Crippen molar-refractivity contribution in [1.29, 1.82) is 0 Å². The van der Waals surface area contributed by atoms with E-state index in [1.54, 1.807) is 0 Å². The molecular formula is C17H22OW2. The Hall–Kier alpha value is -0.383. The number of hydrogen-bond acceptors (Lipinski definition) is 1. The van der Waals surface area contributed by atoms with Crippen LogP contribution >= 0.6 is 0 Å². The van der Waals surface area contributed by atoms with E-state index in [0.29, 0.717) is 0 Å². The van der Waals surface area contributed by atoms with E-state index in [9.17, 15) is 0 Å². The van der Waals surface area contributed by atoms with Gasteiger partial charge in [0.05, 0.1) is 0 Å². The molecule has 0 fully saturated rings. The van der Waals surface area contributed by atoms with Crippen molar-refractivity contribution in [2.45, 2.75) is 34.1 Å². The van der Waals surface area contributed by atoms with Crippen LogP contribution in [0.3, 0.4) is 0 Å². The fourth-order valence-corrected chi connectivity index (χ4v) is 1.88. The van der Waals surface area contributed by atoms with Crippen molar-refractivity contribution < 1.29 is 46.5 Å². The van der Waals surface area contributed by atoms with Crippen LogP contribution in [0.15, 0.2) is 41.8 Å². The van der Waals surface area contributed by atoms with E-state index in [1.165, 1.54) is 0 Å². The Morgan fingerprint density at radius 2 is 1.65 bits per heavy atom. The fourth-order valence-electron chi connectivity index (χ4n) is 1.88. The second-order valence-electron chi connectivity index (χ2n) is 4.04. The topological polar surface area (TPSA) is 13.1 Å². The Morgan fingerprint density at radius 1 is 1.10 bits per heavy atom. The molecule has 0 radical (unpaired) electrons. The van der Waals surface area contributed by atoms with Gasteiger partial charge in [-0.2, -0.15) is 0 Å². The Balaban J connectivity index is 0. The first-order chi connectivity index (χ1) is 8.65. The summed E-state index contributed by atoms with van der Waals surface area (Å²) < 4.78 is 5.85. The number of allylic oxidation sites excluding steroid dienone is 2. The predicted molar refractivity (Wildman–Crippen MR) is 81.6 cm³/mol. The summed E-state index contributed by atoms with van der Waals surface area (Å²) in [6.45, 7) is 16.2. The molecule has 0 atom stereocenters. The average molecular weight is 610 g/mol. The normalized spacial score (nSPS) is 8.80. The molecule has 1 aromatic heterocycles. The average Bonchev–Trinajstić information content (AvgIpc) is 2.79. The first-order valence-corrected chi connectivity index (χ1v) is 6.50. The van der Waals surface area contributed by atoms with Gasteiger partial charge in [-0.1, -0.05) is 52.1 Å². The molecule has 0 aliphatic carbocycles. The first kappa shape index (κ1) is 21.9. The maximum Gasteiger partial charge on any atom is 0.138 e. The van der Waals surface area contributed by atoms with Gasteiger partial charge in [0.1, 0.15) is 11.3 Å². The van der Waals surface area contributed by atoms with Crippen LogP contribution in [0.4, 0.5) is 0 Å². The van der Waals surface area contributed by atoms with E-state index in [1.807, 2.05) is 39.0 Å². The molecule has 1 heterocycles. The van der Waals surface area contributed by atoms with E-state index >= 15 is 0 Å². The third-order valence-electron chi connectivity index (χ3n) is 2.77. The van der Waals surface area contributed by atoms with Gasteiger partial charge in [0.25, 0.3) is 0 Å². The minimum Gasteiger partial charge on any atom is -0.456 e. The molecule has 0 saturated heterocycles. The van der Waals surface area contributed by atoms with Gasteiger partial charge in [-0.15, -0.1) is 0 Å². The predicted octanol–water partition coefficient (Wildman–Crippen LogP) is 5.91. The molecule has 2 aromatic rings. The molecule has 3 heteroatoms. The van der Waals surface area contributed by atoms with Crippen molar-refractivity contribution in [3.8, 4) is 0 Å². The van der Waals surface area contributed by atoms with Gasteiger partial charge >= 0.3 is 0 Å². The summed E-state index contributed by atoms with van der Waals surface area (Å²) in [5.41, 5.74) is 4.05. The number of benzene rings is 1. The van der Waals surface area contributed by atoms with Crippen molar-refractivity contribution in [2.75, 3.05) is 0 Å². The molecule has 2 rings (SSSR count). The molecule has 0 aliphatic heterocycles. The van der Waals surface area contributed by atoms with Crippen molar-refractivity contribution in [3.05, 3.63) is 48.7 Å². The minimum atomic E-state index is 0. The number of furan rings is 1. The zero-order valence-electron chi connectivity index (χ0n) is 12.7. The van der Waals surface area contributed by atoms with Gasteiger partial charge < -0.3 is 4.42 Å². The molecule has 108 valence electrons. The van der Waals surface area contributed by atoms with Gasteiger partial charge in [0.2, 0.25) is 0 Å². The molecule has 1 nitrogen and oxygen atoms in total. The Morgan fingerprint density at radius 3 is 2.15 bits per heavy atom. The van der Waals surface area contributed by atoms with Crippen LogP contribution in [0, 0.1) is 0 Å². The molecule has 1 aromatic carbocycles. The molecule has 0 N–H and O–H groups in total. The van der Waals surface area contributed by atoms with Crippen LogP contribution in [0.25, 0.3) is 22.1 Å². The largest absolute Gasteiger partial charge is 0.456 e. The molecule has 0 spiro atoms. The SMILES string of the molecule is C=C(CC)c1oc2ccccc2c1C(=C)C.CC.[W].[W]. The van der Waals surface area contributed by atoms with E-state index in [4.69, 9.17) is 4.42 Å². The van der Waals surface area contributed by atoms with Gasteiger partial charge in [-0.05, 0) is 30.6 Å². The monoisotopic (exact) mass is 610 g/mol. The van der Waals surface area contributed by atoms with Gasteiger partial charge in [-0.3, -0.25) is 0 Å². The van der Waals surface area contributed by atoms with Crippen LogP contribution in [-0.4, -0.2) is 0 Å². The van der Waals surface area contributed by atoms with Crippen LogP contribution < -0.4 is 0 Å². The third kappa shape index (κ3) is 4.57. The number of para-hydroxylation sites is 1. The standard InChI is InChI=1S/C15H16O.C2H6.2W/c1-5-11(4)15-14(10(2)3)12-8-6-7-9-13(12)16-15;1-2;;/h6-9H,2,4-5H2,1,3H3;1-2H3;;. The van der Waals surface area contributed by atoms with Crippen molar-refractivity contribution in [1.82, 2.24) is 0 Å². The van der Waals surface area contributed by atoms with Crippen molar-refractivity contribution in [3.63, 3.8) is 0 Å². The summed E-state index contributed by atoms with van der Waals surface area (Å²) in [7, 11) is 0. The van der Waals surface area contributed by atoms with Crippen LogP contribution in [0.1, 0.15) is 45.4 Å². The summed E-state index contributed by atoms with van der Waals surface area (Å²) in [5, 5.41) is 1.12.